The van der Waals surface area contributed by atoms with Crippen LogP contribution in [0.3, 0.4) is 0 Å². The number of carboxylic acid groups (broad SMARTS) is 1. The first kappa shape index (κ1) is 15.7. The van der Waals surface area contributed by atoms with Gasteiger partial charge in [0.1, 0.15) is 5.82 Å². The molecule has 0 aliphatic carbocycles. The highest BCUT2D eigenvalue weighted by Gasteiger charge is 2.11. The summed E-state index contributed by atoms with van der Waals surface area (Å²) in [5, 5.41) is 11.8. The van der Waals surface area contributed by atoms with E-state index in [0.717, 1.165) is 0 Å². The van der Waals surface area contributed by atoms with Crippen LogP contribution in [-0.4, -0.2) is 17.0 Å². The van der Waals surface area contributed by atoms with E-state index in [1.807, 2.05) is 0 Å². The Labute approximate surface area is 130 Å². The fourth-order valence-corrected chi connectivity index (χ4v) is 1.90. The lowest BCUT2D eigenvalue weighted by molar-refractivity contribution is -0.111. The highest BCUT2D eigenvalue weighted by Crippen LogP contribution is 2.21. The number of hydrogen-bond donors (Lipinski definition) is 2. The van der Waals surface area contributed by atoms with Gasteiger partial charge in [0, 0.05) is 11.1 Å². The Hall–Kier alpha value is -2.66. The van der Waals surface area contributed by atoms with Crippen molar-refractivity contribution in [2.75, 3.05) is 5.32 Å². The van der Waals surface area contributed by atoms with Crippen molar-refractivity contribution in [1.29, 1.82) is 0 Å². The van der Waals surface area contributed by atoms with Crippen LogP contribution in [0, 0.1) is 5.82 Å². The number of rotatable bonds is 4. The van der Waals surface area contributed by atoms with Crippen molar-refractivity contribution in [3.63, 3.8) is 0 Å². The molecule has 0 saturated carbocycles. The predicted octanol–water partition coefficient (Wildman–Crippen LogP) is 3.83. The van der Waals surface area contributed by atoms with Gasteiger partial charge in [0.15, 0.2) is 0 Å². The lowest BCUT2D eigenvalue weighted by atomic mass is 10.1. The largest absolute Gasteiger partial charge is 0.478 e. The Kier molecular flexibility index (Phi) is 4.91. The van der Waals surface area contributed by atoms with Crippen molar-refractivity contribution < 1.29 is 19.1 Å². The summed E-state index contributed by atoms with van der Waals surface area (Å²) in [4.78, 5) is 22.9. The van der Waals surface area contributed by atoms with Crippen LogP contribution >= 0.6 is 11.6 Å². The van der Waals surface area contributed by atoms with Gasteiger partial charge in [-0.3, -0.25) is 4.79 Å². The maximum Gasteiger partial charge on any atom is 0.337 e. The molecule has 0 bridgehead atoms. The number of anilines is 1. The molecule has 2 aromatic carbocycles. The molecule has 0 aliphatic heterocycles. The molecule has 0 unspecified atom stereocenters. The maximum atomic E-state index is 12.8. The molecule has 0 heterocycles. The van der Waals surface area contributed by atoms with E-state index >= 15 is 0 Å². The third-order valence-electron chi connectivity index (χ3n) is 2.77. The molecule has 0 aliphatic rings. The minimum Gasteiger partial charge on any atom is -0.478 e. The number of nitrogens with one attached hydrogen (secondary N) is 1. The van der Waals surface area contributed by atoms with E-state index in [1.54, 1.807) is 0 Å². The Morgan fingerprint density at radius 1 is 1.14 bits per heavy atom. The predicted molar refractivity (Wildman–Crippen MR) is 82.5 cm³/mol. The average Bonchev–Trinajstić information content (AvgIpc) is 2.46. The van der Waals surface area contributed by atoms with Crippen molar-refractivity contribution in [2.24, 2.45) is 0 Å². The molecule has 6 heteroatoms. The summed E-state index contributed by atoms with van der Waals surface area (Å²) in [5.74, 6) is -2.06. The van der Waals surface area contributed by atoms with Gasteiger partial charge >= 0.3 is 5.97 Å². The molecule has 0 atom stereocenters. The quantitative estimate of drug-likeness (QED) is 0.842. The number of carbonyl (C=O) groups is 2. The van der Waals surface area contributed by atoms with Crippen LogP contribution in [0.2, 0.25) is 5.02 Å². The Balaban J connectivity index is 2.13. The number of halogens is 2. The summed E-state index contributed by atoms with van der Waals surface area (Å²) in [5.41, 5.74) is 0.683. The molecule has 2 rings (SSSR count). The van der Waals surface area contributed by atoms with E-state index in [2.05, 4.69) is 5.32 Å². The second kappa shape index (κ2) is 6.87. The summed E-state index contributed by atoms with van der Waals surface area (Å²) >= 11 is 5.79. The Morgan fingerprint density at radius 2 is 1.82 bits per heavy atom. The minimum atomic E-state index is -1.17. The molecular weight excluding hydrogens is 309 g/mol. The first-order valence-electron chi connectivity index (χ1n) is 6.23. The van der Waals surface area contributed by atoms with Crippen LogP contribution in [0.5, 0.6) is 0 Å². The molecule has 0 saturated heterocycles. The second-order valence-corrected chi connectivity index (χ2v) is 4.81. The number of carbonyl (C=O) groups excluding carboxylic acids is 1. The summed E-state index contributed by atoms with van der Waals surface area (Å²) in [6.07, 6.45) is 2.71. The van der Waals surface area contributed by atoms with Gasteiger partial charge in [-0.15, -0.1) is 0 Å². The van der Waals surface area contributed by atoms with Crippen molar-refractivity contribution in [2.45, 2.75) is 0 Å². The summed E-state index contributed by atoms with van der Waals surface area (Å²) in [6, 6.07) is 9.67. The van der Waals surface area contributed by atoms with Gasteiger partial charge in [0.05, 0.1) is 11.3 Å². The number of amides is 1. The van der Waals surface area contributed by atoms with Gasteiger partial charge in [-0.2, -0.15) is 0 Å². The molecule has 4 nitrogen and oxygen atoms in total. The Morgan fingerprint density at radius 3 is 2.45 bits per heavy atom. The van der Waals surface area contributed by atoms with Crippen LogP contribution in [0.1, 0.15) is 15.9 Å². The monoisotopic (exact) mass is 319 g/mol. The molecule has 0 fully saturated rings. The normalized spacial score (nSPS) is 10.6. The van der Waals surface area contributed by atoms with Crippen LogP contribution in [0.15, 0.2) is 48.5 Å². The summed E-state index contributed by atoms with van der Waals surface area (Å²) < 4.78 is 12.8. The van der Waals surface area contributed by atoms with Crippen LogP contribution < -0.4 is 5.32 Å². The SMILES string of the molecule is O=C(C=Cc1ccc(F)cc1)Nc1cc(Cl)ccc1C(=O)O. The number of aromatic carboxylic acids is 1. The molecule has 0 aromatic heterocycles. The third-order valence-corrected chi connectivity index (χ3v) is 3.00. The lowest BCUT2D eigenvalue weighted by Crippen LogP contribution is -2.12. The smallest absolute Gasteiger partial charge is 0.337 e. The maximum absolute atomic E-state index is 12.8. The third kappa shape index (κ3) is 4.17. The molecular formula is C16H11ClFNO3. The van der Waals surface area contributed by atoms with E-state index in [-0.39, 0.29) is 17.1 Å². The van der Waals surface area contributed by atoms with Crippen LogP contribution in [0.4, 0.5) is 10.1 Å². The van der Waals surface area contributed by atoms with E-state index in [1.165, 1.54) is 54.6 Å². The van der Waals surface area contributed by atoms with E-state index in [0.29, 0.717) is 10.6 Å². The highest BCUT2D eigenvalue weighted by molar-refractivity contribution is 6.31. The zero-order valence-electron chi connectivity index (χ0n) is 11.2. The minimum absolute atomic E-state index is 0.0621. The summed E-state index contributed by atoms with van der Waals surface area (Å²) in [7, 11) is 0. The highest BCUT2D eigenvalue weighted by atomic mass is 35.5. The number of carboxylic acids is 1. The van der Waals surface area contributed by atoms with Crippen LogP contribution in [0.25, 0.3) is 6.08 Å². The van der Waals surface area contributed by atoms with Crippen molar-refractivity contribution in [3.8, 4) is 0 Å². The fraction of sp³-hybridized carbons (Fsp3) is 0. The van der Waals surface area contributed by atoms with Gasteiger partial charge in [-0.25, -0.2) is 9.18 Å². The molecule has 2 aromatic rings. The molecule has 1 amide bonds. The lowest BCUT2D eigenvalue weighted by Gasteiger charge is -2.07. The number of hydrogen-bond acceptors (Lipinski definition) is 2. The van der Waals surface area contributed by atoms with Gasteiger partial charge in [-0.05, 0) is 42.0 Å². The van der Waals surface area contributed by atoms with E-state index < -0.39 is 11.9 Å². The first-order chi connectivity index (χ1) is 10.5. The molecule has 2 N–H and O–H groups in total. The summed E-state index contributed by atoms with van der Waals surface area (Å²) in [6.45, 7) is 0. The van der Waals surface area contributed by atoms with E-state index in [9.17, 15) is 14.0 Å². The van der Waals surface area contributed by atoms with Crippen molar-refractivity contribution >= 4 is 35.2 Å². The topological polar surface area (TPSA) is 66.4 Å². The van der Waals surface area contributed by atoms with Crippen molar-refractivity contribution in [1.82, 2.24) is 0 Å². The second-order valence-electron chi connectivity index (χ2n) is 4.37. The standard InChI is InChI=1S/C16H11ClFNO3/c17-11-4-7-13(16(21)22)14(9-11)19-15(20)8-3-10-1-5-12(18)6-2-10/h1-9H,(H,19,20)(H,21,22). The Bertz CT molecular complexity index is 742. The molecule has 0 spiro atoms. The van der Waals surface area contributed by atoms with Gasteiger partial charge < -0.3 is 10.4 Å². The molecule has 0 radical (unpaired) electrons. The van der Waals surface area contributed by atoms with Gasteiger partial charge in [-0.1, -0.05) is 23.7 Å². The van der Waals surface area contributed by atoms with Crippen LogP contribution in [-0.2, 0) is 4.79 Å². The fourth-order valence-electron chi connectivity index (χ4n) is 1.73. The zero-order valence-corrected chi connectivity index (χ0v) is 12.0. The average molecular weight is 320 g/mol. The molecule has 112 valence electrons. The van der Waals surface area contributed by atoms with Crippen molar-refractivity contribution in [3.05, 3.63) is 70.5 Å². The zero-order chi connectivity index (χ0) is 16.1. The molecule has 22 heavy (non-hydrogen) atoms. The van der Waals surface area contributed by atoms with E-state index in [4.69, 9.17) is 16.7 Å². The number of benzene rings is 2. The van der Waals surface area contributed by atoms with Gasteiger partial charge in [0.25, 0.3) is 0 Å². The van der Waals surface area contributed by atoms with Gasteiger partial charge in [0.2, 0.25) is 5.91 Å². The first-order valence-corrected chi connectivity index (χ1v) is 6.61.